The second-order valence-electron chi connectivity index (χ2n) is 3.10. The van der Waals surface area contributed by atoms with Gasteiger partial charge in [0.25, 0.3) is 0 Å². The van der Waals surface area contributed by atoms with Gasteiger partial charge in [0.2, 0.25) is 7.59 Å². The largest absolute Gasteiger partial charge is 0.447 e. The van der Waals surface area contributed by atoms with E-state index in [0.29, 0.717) is 11.8 Å². The minimum Gasteiger partial charge on any atom is -0.447 e. The minimum absolute atomic E-state index is 0.583. The van der Waals surface area contributed by atoms with Gasteiger partial charge in [0.1, 0.15) is 0 Å². The average Bonchev–Trinajstić information content (AvgIpc) is 2.10. The van der Waals surface area contributed by atoms with Crippen molar-refractivity contribution >= 4 is 93.3 Å². The molecule has 0 N–H and O–H groups in total. The third-order valence-corrected chi connectivity index (χ3v) is 4.69. The fourth-order valence-electron chi connectivity index (χ4n) is 0.757. The van der Waals surface area contributed by atoms with Crippen LogP contribution < -0.4 is 0 Å². The molecular formula is C8H8Cl6O4S. The summed E-state index contributed by atoms with van der Waals surface area (Å²) < 4.78 is 5.58. The van der Waals surface area contributed by atoms with Crippen LogP contribution in [0, 0.1) is 0 Å². The monoisotopic (exact) mass is 410 g/mol. The highest BCUT2D eigenvalue weighted by atomic mass is 35.6. The number of hydrogen-bond donors (Lipinski definition) is 0. The number of esters is 2. The van der Waals surface area contributed by atoms with Crippen LogP contribution in [-0.2, 0) is 19.1 Å². The van der Waals surface area contributed by atoms with Crippen molar-refractivity contribution in [2.24, 2.45) is 0 Å². The number of thioether (sulfide) groups is 1. The van der Waals surface area contributed by atoms with Gasteiger partial charge in [-0.15, -0.1) is 0 Å². The lowest BCUT2D eigenvalue weighted by Gasteiger charge is -2.30. The zero-order valence-electron chi connectivity index (χ0n) is 9.46. The number of halogens is 6. The standard InChI is InChI=1S/C8H8Cl6O4S/c1-3(15)17-5(7(9,10)11)19-6(8(12,13)14)18-4(2)16/h5-6H,1-2H3/t5-,6-/m1/s1. The van der Waals surface area contributed by atoms with E-state index in [2.05, 4.69) is 0 Å². The second kappa shape index (κ2) is 7.87. The molecule has 0 saturated heterocycles. The first-order chi connectivity index (χ1) is 8.34. The van der Waals surface area contributed by atoms with Gasteiger partial charge in [-0.1, -0.05) is 81.4 Å². The molecule has 0 radical (unpaired) electrons. The van der Waals surface area contributed by atoms with Gasteiger partial charge in [-0.3, -0.25) is 9.59 Å². The Morgan fingerprint density at radius 1 is 0.842 bits per heavy atom. The van der Waals surface area contributed by atoms with Gasteiger partial charge in [0.05, 0.1) is 0 Å². The summed E-state index contributed by atoms with van der Waals surface area (Å²) >= 11 is 34.4. The molecule has 0 rings (SSSR count). The summed E-state index contributed by atoms with van der Waals surface area (Å²) in [5, 5.41) is 0. The number of hydrogen-bond acceptors (Lipinski definition) is 5. The van der Waals surface area contributed by atoms with E-state index in [1.165, 1.54) is 0 Å². The first-order valence-electron chi connectivity index (χ1n) is 4.47. The topological polar surface area (TPSA) is 52.6 Å². The molecule has 0 aliphatic heterocycles. The summed E-state index contributed by atoms with van der Waals surface area (Å²) in [5.74, 6) is -1.43. The van der Waals surface area contributed by atoms with Crippen LogP contribution in [0.25, 0.3) is 0 Å². The highest BCUT2D eigenvalue weighted by Crippen LogP contribution is 2.46. The van der Waals surface area contributed by atoms with Gasteiger partial charge in [-0.25, -0.2) is 0 Å². The Morgan fingerprint density at radius 3 is 1.26 bits per heavy atom. The van der Waals surface area contributed by atoms with Gasteiger partial charge in [-0.2, -0.15) is 0 Å². The maximum atomic E-state index is 10.9. The third-order valence-electron chi connectivity index (χ3n) is 1.33. The lowest BCUT2D eigenvalue weighted by Crippen LogP contribution is -2.35. The van der Waals surface area contributed by atoms with Crippen LogP contribution in [-0.4, -0.2) is 30.4 Å². The lowest BCUT2D eigenvalue weighted by molar-refractivity contribution is -0.142. The summed E-state index contributed by atoms with van der Waals surface area (Å²) in [7, 11) is 0. The molecule has 19 heavy (non-hydrogen) atoms. The van der Waals surface area contributed by atoms with E-state index in [4.69, 9.17) is 79.1 Å². The SMILES string of the molecule is CC(=O)O[C@H](S[C@@H](OC(C)=O)C(Cl)(Cl)Cl)C(Cl)(Cl)Cl. The fraction of sp³-hybridized carbons (Fsp3) is 0.750. The van der Waals surface area contributed by atoms with Crippen molar-refractivity contribution in [3.63, 3.8) is 0 Å². The second-order valence-corrected chi connectivity index (χ2v) is 8.97. The van der Waals surface area contributed by atoms with E-state index in [-0.39, 0.29) is 0 Å². The molecule has 2 atom stereocenters. The predicted octanol–water partition coefficient (Wildman–Crippen LogP) is 4.24. The van der Waals surface area contributed by atoms with Gasteiger partial charge < -0.3 is 9.47 Å². The molecule has 4 nitrogen and oxygen atoms in total. The normalized spacial score (nSPS) is 15.6. The zero-order valence-corrected chi connectivity index (χ0v) is 14.8. The third kappa shape index (κ3) is 8.81. The van der Waals surface area contributed by atoms with Crippen molar-refractivity contribution < 1.29 is 19.1 Å². The Balaban J connectivity index is 5.03. The molecule has 112 valence electrons. The molecule has 0 bridgehead atoms. The molecule has 0 aliphatic rings. The molecule has 0 unspecified atom stereocenters. The van der Waals surface area contributed by atoms with Gasteiger partial charge in [-0.05, 0) is 0 Å². The van der Waals surface area contributed by atoms with E-state index >= 15 is 0 Å². The Hall–Kier alpha value is 1.03. The highest BCUT2D eigenvalue weighted by Gasteiger charge is 2.45. The van der Waals surface area contributed by atoms with Crippen molar-refractivity contribution in [1.29, 1.82) is 0 Å². The quantitative estimate of drug-likeness (QED) is 0.392. The van der Waals surface area contributed by atoms with Crippen LogP contribution >= 0.6 is 81.4 Å². The molecule has 0 fully saturated rings. The molecule has 0 saturated carbocycles. The molecular weight excluding hydrogens is 405 g/mol. The van der Waals surface area contributed by atoms with E-state index in [1.807, 2.05) is 0 Å². The average molecular weight is 413 g/mol. The summed E-state index contributed by atoms with van der Waals surface area (Å²) in [6, 6.07) is 0. The first-order valence-corrected chi connectivity index (χ1v) is 7.68. The maximum absolute atomic E-state index is 10.9. The van der Waals surface area contributed by atoms with Crippen molar-refractivity contribution in [2.45, 2.75) is 32.3 Å². The summed E-state index contributed by atoms with van der Waals surface area (Å²) in [5.41, 5.74) is -2.65. The molecule has 0 aromatic rings. The Kier molecular flexibility index (Phi) is 8.30. The van der Waals surface area contributed by atoms with E-state index in [9.17, 15) is 9.59 Å². The smallest absolute Gasteiger partial charge is 0.303 e. The van der Waals surface area contributed by atoms with Crippen molar-refractivity contribution in [1.82, 2.24) is 0 Å². The zero-order chi connectivity index (χ0) is 15.4. The molecule has 0 amide bonds. The molecule has 0 aromatic carbocycles. The van der Waals surface area contributed by atoms with Gasteiger partial charge >= 0.3 is 11.9 Å². The van der Waals surface area contributed by atoms with Crippen LogP contribution in [0.15, 0.2) is 0 Å². The van der Waals surface area contributed by atoms with E-state index in [0.717, 1.165) is 13.8 Å². The Morgan fingerprint density at radius 2 is 1.11 bits per heavy atom. The van der Waals surface area contributed by atoms with Crippen LogP contribution in [0.2, 0.25) is 0 Å². The predicted molar refractivity (Wildman–Crippen MR) is 79.3 cm³/mol. The summed E-state index contributed by atoms with van der Waals surface area (Å²) in [6.45, 7) is 2.22. The number of ether oxygens (including phenoxy) is 2. The molecule has 11 heteroatoms. The van der Waals surface area contributed by atoms with Gasteiger partial charge in [0.15, 0.2) is 10.9 Å². The molecule has 0 aromatic heterocycles. The minimum atomic E-state index is -2.00. The summed E-state index contributed by atoms with van der Waals surface area (Å²) in [4.78, 5) is 21.9. The first kappa shape index (κ1) is 20.0. The number of carbonyl (C=O) groups is 2. The molecule has 0 spiro atoms. The lowest BCUT2D eigenvalue weighted by atomic mass is 10.7. The van der Waals surface area contributed by atoms with Crippen LogP contribution in [0.4, 0.5) is 0 Å². The molecule has 0 aliphatic carbocycles. The van der Waals surface area contributed by atoms with Crippen molar-refractivity contribution in [3.05, 3.63) is 0 Å². The highest BCUT2D eigenvalue weighted by molar-refractivity contribution is 8.00. The van der Waals surface area contributed by atoms with Crippen molar-refractivity contribution in [3.8, 4) is 0 Å². The van der Waals surface area contributed by atoms with Crippen molar-refractivity contribution in [2.75, 3.05) is 0 Å². The van der Waals surface area contributed by atoms with Gasteiger partial charge in [0, 0.05) is 13.8 Å². The number of rotatable bonds is 4. The van der Waals surface area contributed by atoms with Crippen LogP contribution in [0.5, 0.6) is 0 Å². The Labute approximate surface area is 144 Å². The van der Waals surface area contributed by atoms with E-state index in [1.54, 1.807) is 0 Å². The van der Waals surface area contributed by atoms with E-state index < -0.39 is 30.4 Å². The van der Waals surface area contributed by atoms with Crippen LogP contribution in [0.1, 0.15) is 13.8 Å². The fourth-order valence-corrected chi connectivity index (χ4v) is 2.87. The number of alkyl halides is 6. The van der Waals surface area contributed by atoms with Crippen LogP contribution in [0.3, 0.4) is 0 Å². The molecule has 0 heterocycles. The summed E-state index contributed by atoms with van der Waals surface area (Å²) in [6.07, 6.45) is 0. The maximum Gasteiger partial charge on any atom is 0.303 e. The number of carbonyl (C=O) groups excluding carboxylic acids is 2. The Bertz CT molecular complexity index is 307.